The quantitative estimate of drug-likeness (QED) is 0.408. The maximum absolute atomic E-state index is 5.36. The van der Waals surface area contributed by atoms with E-state index in [1.54, 1.807) is 6.08 Å². The molecule has 0 spiro atoms. The highest BCUT2D eigenvalue weighted by Gasteiger charge is 2.09. The summed E-state index contributed by atoms with van der Waals surface area (Å²) in [6, 6.07) is 1.89. The van der Waals surface area contributed by atoms with E-state index >= 15 is 0 Å². The minimum atomic E-state index is -0.0609. The number of nitrogens with two attached hydrogens (primary N) is 1. The van der Waals surface area contributed by atoms with Gasteiger partial charge in [-0.15, -0.1) is 6.58 Å². The molecule has 0 saturated heterocycles. The highest BCUT2D eigenvalue weighted by Crippen LogP contribution is 2.15. The Kier molecular flexibility index (Phi) is 3.11. The van der Waals surface area contributed by atoms with Gasteiger partial charge in [0, 0.05) is 0 Å². The van der Waals surface area contributed by atoms with E-state index in [0.29, 0.717) is 0 Å². The number of aromatic nitrogens is 2. The lowest BCUT2D eigenvalue weighted by Crippen LogP contribution is -2.27. The van der Waals surface area contributed by atoms with Crippen molar-refractivity contribution in [2.24, 2.45) is 5.84 Å². The van der Waals surface area contributed by atoms with E-state index in [1.165, 1.54) is 0 Å². The largest absolute Gasteiger partial charge is 0.271 e. The number of aryl methyl sites for hydroxylation is 2. The third kappa shape index (κ3) is 2.11. The topological polar surface area (TPSA) is 63.8 Å². The molecule has 13 heavy (non-hydrogen) atoms. The average Bonchev–Trinajstić information content (AvgIpc) is 2.13. The van der Waals surface area contributed by atoms with Crippen LogP contribution in [-0.2, 0) is 0 Å². The molecule has 0 radical (unpaired) electrons. The normalized spacial score (nSPS) is 12.5. The highest BCUT2D eigenvalue weighted by atomic mass is 15.2. The Labute approximate surface area is 77.8 Å². The Morgan fingerprint density at radius 3 is 2.77 bits per heavy atom. The summed E-state index contributed by atoms with van der Waals surface area (Å²) in [5.41, 5.74) is 5.42. The lowest BCUT2D eigenvalue weighted by Gasteiger charge is -2.13. The first-order valence-corrected chi connectivity index (χ1v) is 4.08. The van der Waals surface area contributed by atoms with Crippen LogP contribution in [0.2, 0.25) is 0 Å². The second-order valence-corrected chi connectivity index (χ2v) is 2.91. The smallest absolute Gasteiger partial charge is 0.0657 e. The van der Waals surface area contributed by atoms with Gasteiger partial charge in [-0.3, -0.25) is 5.84 Å². The Morgan fingerprint density at radius 2 is 2.23 bits per heavy atom. The number of nitrogens with one attached hydrogen (secondary N) is 1. The molecule has 1 atom stereocenters. The predicted octanol–water partition coefficient (Wildman–Crippen LogP) is 0.784. The van der Waals surface area contributed by atoms with Gasteiger partial charge in [0.05, 0.1) is 17.4 Å². The van der Waals surface area contributed by atoms with Crippen molar-refractivity contribution in [1.29, 1.82) is 0 Å². The summed E-state index contributed by atoms with van der Waals surface area (Å²) < 4.78 is 0. The molecule has 0 fully saturated rings. The predicted molar refractivity (Wildman–Crippen MR) is 51.8 cm³/mol. The SMILES string of the molecule is C=CC(NN)c1cc(C)nnc1C. The van der Waals surface area contributed by atoms with Crippen LogP contribution in [0.1, 0.15) is 23.0 Å². The zero-order chi connectivity index (χ0) is 9.84. The maximum Gasteiger partial charge on any atom is 0.0657 e. The van der Waals surface area contributed by atoms with Crippen LogP contribution in [0.25, 0.3) is 0 Å². The van der Waals surface area contributed by atoms with E-state index < -0.39 is 0 Å². The van der Waals surface area contributed by atoms with Crippen molar-refractivity contribution in [3.05, 3.63) is 35.7 Å². The fraction of sp³-hybridized carbons (Fsp3) is 0.333. The zero-order valence-corrected chi connectivity index (χ0v) is 7.91. The number of hydrogen-bond acceptors (Lipinski definition) is 4. The van der Waals surface area contributed by atoms with Gasteiger partial charge in [-0.2, -0.15) is 10.2 Å². The molecule has 0 bridgehead atoms. The Hall–Kier alpha value is -1.26. The number of hydrogen-bond donors (Lipinski definition) is 2. The third-order valence-corrected chi connectivity index (χ3v) is 1.89. The van der Waals surface area contributed by atoms with Crippen LogP contribution in [0.15, 0.2) is 18.7 Å². The number of hydrazine groups is 1. The van der Waals surface area contributed by atoms with Gasteiger partial charge in [0.1, 0.15) is 0 Å². The van der Waals surface area contributed by atoms with Crippen molar-refractivity contribution < 1.29 is 0 Å². The summed E-state index contributed by atoms with van der Waals surface area (Å²) in [6.45, 7) is 7.48. The molecule has 0 aliphatic rings. The molecule has 0 aliphatic heterocycles. The zero-order valence-electron chi connectivity index (χ0n) is 7.91. The Balaban J connectivity index is 3.10. The standard InChI is InChI=1S/C9H14N4/c1-4-9(11-10)8-5-6(2)12-13-7(8)3/h4-5,9,11H,1,10H2,2-3H3. The molecule has 0 saturated carbocycles. The maximum atomic E-state index is 5.36. The first-order chi connectivity index (χ1) is 6.19. The second-order valence-electron chi connectivity index (χ2n) is 2.91. The summed E-state index contributed by atoms with van der Waals surface area (Å²) in [4.78, 5) is 0. The minimum absolute atomic E-state index is 0.0609. The van der Waals surface area contributed by atoms with Gasteiger partial charge in [0.25, 0.3) is 0 Å². The molecular formula is C9H14N4. The van der Waals surface area contributed by atoms with Gasteiger partial charge in [0.15, 0.2) is 0 Å². The van der Waals surface area contributed by atoms with Crippen LogP contribution in [0, 0.1) is 13.8 Å². The molecule has 3 N–H and O–H groups in total. The molecule has 70 valence electrons. The van der Waals surface area contributed by atoms with Crippen molar-refractivity contribution in [2.45, 2.75) is 19.9 Å². The molecule has 1 heterocycles. The van der Waals surface area contributed by atoms with E-state index in [4.69, 9.17) is 5.84 Å². The third-order valence-electron chi connectivity index (χ3n) is 1.89. The van der Waals surface area contributed by atoms with Crippen LogP contribution < -0.4 is 11.3 Å². The van der Waals surface area contributed by atoms with E-state index in [2.05, 4.69) is 22.2 Å². The summed E-state index contributed by atoms with van der Waals surface area (Å²) in [6.07, 6.45) is 1.74. The van der Waals surface area contributed by atoms with Crippen molar-refractivity contribution >= 4 is 0 Å². The second kappa shape index (κ2) is 4.11. The van der Waals surface area contributed by atoms with Crippen LogP contribution >= 0.6 is 0 Å². The summed E-state index contributed by atoms with van der Waals surface area (Å²) in [7, 11) is 0. The van der Waals surface area contributed by atoms with Gasteiger partial charge < -0.3 is 0 Å². The van der Waals surface area contributed by atoms with Crippen LogP contribution in [0.3, 0.4) is 0 Å². The van der Waals surface area contributed by atoms with Gasteiger partial charge in [-0.1, -0.05) is 6.08 Å². The fourth-order valence-electron chi connectivity index (χ4n) is 1.17. The lowest BCUT2D eigenvalue weighted by atomic mass is 10.1. The van der Waals surface area contributed by atoms with E-state index in [9.17, 15) is 0 Å². The van der Waals surface area contributed by atoms with Crippen LogP contribution in [0.5, 0.6) is 0 Å². The monoisotopic (exact) mass is 178 g/mol. The number of rotatable bonds is 3. The molecule has 1 aromatic rings. The van der Waals surface area contributed by atoms with Gasteiger partial charge in [-0.25, -0.2) is 5.43 Å². The summed E-state index contributed by atoms with van der Waals surface area (Å²) >= 11 is 0. The van der Waals surface area contributed by atoms with Gasteiger partial charge in [0.2, 0.25) is 0 Å². The summed E-state index contributed by atoms with van der Waals surface area (Å²) in [5.74, 6) is 5.36. The molecule has 0 aliphatic carbocycles. The lowest BCUT2D eigenvalue weighted by molar-refractivity contribution is 0.644. The van der Waals surface area contributed by atoms with Crippen molar-refractivity contribution in [2.75, 3.05) is 0 Å². The van der Waals surface area contributed by atoms with Crippen LogP contribution in [-0.4, -0.2) is 10.2 Å². The molecule has 0 amide bonds. The average molecular weight is 178 g/mol. The van der Waals surface area contributed by atoms with E-state index in [-0.39, 0.29) is 6.04 Å². The van der Waals surface area contributed by atoms with Gasteiger partial charge >= 0.3 is 0 Å². The number of nitrogens with zero attached hydrogens (tertiary/aromatic N) is 2. The first kappa shape index (κ1) is 9.83. The molecule has 1 rings (SSSR count). The first-order valence-electron chi connectivity index (χ1n) is 4.08. The van der Waals surface area contributed by atoms with Crippen LogP contribution in [0.4, 0.5) is 0 Å². The minimum Gasteiger partial charge on any atom is -0.271 e. The molecule has 1 aromatic heterocycles. The molecule has 1 unspecified atom stereocenters. The fourth-order valence-corrected chi connectivity index (χ4v) is 1.17. The van der Waals surface area contributed by atoms with Crippen molar-refractivity contribution in [3.8, 4) is 0 Å². The molecule has 0 aromatic carbocycles. The Bertz CT molecular complexity index is 308. The van der Waals surface area contributed by atoms with Crippen molar-refractivity contribution in [3.63, 3.8) is 0 Å². The van der Waals surface area contributed by atoms with E-state index in [0.717, 1.165) is 17.0 Å². The van der Waals surface area contributed by atoms with Crippen molar-refractivity contribution in [1.82, 2.24) is 15.6 Å². The highest BCUT2D eigenvalue weighted by molar-refractivity contribution is 5.26. The molecular weight excluding hydrogens is 164 g/mol. The molecule has 4 nitrogen and oxygen atoms in total. The van der Waals surface area contributed by atoms with Gasteiger partial charge in [-0.05, 0) is 25.5 Å². The van der Waals surface area contributed by atoms with E-state index in [1.807, 2.05) is 19.9 Å². The summed E-state index contributed by atoms with van der Waals surface area (Å²) in [5, 5.41) is 7.94. The molecule has 4 heteroatoms. The Morgan fingerprint density at radius 1 is 1.54 bits per heavy atom.